The van der Waals surface area contributed by atoms with E-state index < -0.39 is 10.0 Å². The molecule has 0 saturated carbocycles. The summed E-state index contributed by atoms with van der Waals surface area (Å²) in [5.41, 5.74) is 0.453. The number of carbonyl (C=O) groups is 2. The average Bonchev–Trinajstić information content (AvgIpc) is 2.73. The topological polar surface area (TPSA) is 96.0 Å². The van der Waals surface area contributed by atoms with E-state index in [2.05, 4.69) is 5.32 Å². The van der Waals surface area contributed by atoms with Crippen molar-refractivity contribution in [3.8, 4) is 0 Å². The standard InChI is InChI=1S/C18H25N3O5S/c1-19-17(22)14-6-8-20(9-7-14)18(23)15-2-4-16(5-3-15)27(24,25)21-10-12-26-13-11-21/h2-5,14H,6-13H2,1H3,(H,19,22). The Kier molecular flexibility index (Phi) is 6.13. The van der Waals surface area contributed by atoms with Crippen molar-refractivity contribution in [1.29, 1.82) is 0 Å². The van der Waals surface area contributed by atoms with Crippen LogP contribution in [0.25, 0.3) is 0 Å². The Morgan fingerprint density at radius 1 is 1.04 bits per heavy atom. The molecule has 2 amide bonds. The van der Waals surface area contributed by atoms with Gasteiger partial charge in [0.15, 0.2) is 0 Å². The SMILES string of the molecule is CNC(=O)C1CCN(C(=O)c2ccc(S(=O)(=O)N3CCOCC3)cc2)CC1. The van der Waals surface area contributed by atoms with Gasteiger partial charge >= 0.3 is 0 Å². The number of hydrogen-bond donors (Lipinski definition) is 1. The van der Waals surface area contributed by atoms with Crippen molar-refractivity contribution in [2.75, 3.05) is 46.4 Å². The van der Waals surface area contributed by atoms with E-state index >= 15 is 0 Å². The van der Waals surface area contributed by atoms with Gasteiger partial charge in [-0.15, -0.1) is 0 Å². The molecule has 0 aliphatic carbocycles. The Morgan fingerprint density at radius 3 is 2.19 bits per heavy atom. The highest BCUT2D eigenvalue weighted by molar-refractivity contribution is 7.89. The molecule has 2 aliphatic heterocycles. The molecule has 0 aromatic heterocycles. The maximum absolute atomic E-state index is 12.7. The molecule has 1 aromatic carbocycles. The molecule has 8 nitrogen and oxygen atoms in total. The van der Waals surface area contributed by atoms with Crippen molar-refractivity contribution in [2.45, 2.75) is 17.7 Å². The molecule has 27 heavy (non-hydrogen) atoms. The molecular weight excluding hydrogens is 370 g/mol. The van der Waals surface area contributed by atoms with Gasteiger partial charge in [0.25, 0.3) is 5.91 Å². The molecule has 148 valence electrons. The highest BCUT2D eigenvalue weighted by Crippen LogP contribution is 2.21. The van der Waals surface area contributed by atoms with Gasteiger partial charge in [-0.3, -0.25) is 9.59 Å². The minimum Gasteiger partial charge on any atom is -0.379 e. The number of rotatable bonds is 4. The lowest BCUT2D eigenvalue weighted by molar-refractivity contribution is -0.125. The highest BCUT2D eigenvalue weighted by atomic mass is 32.2. The maximum atomic E-state index is 12.7. The molecule has 2 heterocycles. The number of ether oxygens (including phenoxy) is 1. The molecule has 2 fully saturated rings. The van der Waals surface area contributed by atoms with Crippen molar-refractivity contribution in [1.82, 2.24) is 14.5 Å². The quantitative estimate of drug-likeness (QED) is 0.791. The Morgan fingerprint density at radius 2 is 1.63 bits per heavy atom. The summed E-state index contributed by atoms with van der Waals surface area (Å²) in [6.07, 6.45) is 1.27. The molecular formula is C18H25N3O5S. The van der Waals surface area contributed by atoms with Gasteiger partial charge < -0.3 is 15.0 Å². The summed E-state index contributed by atoms with van der Waals surface area (Å²) in [6, 6.07) is 6.08. The first-order valence-corrected chi connectivity index (χ1v) is 10.6. The number of sulfonamides is 1. The Hall–Kier alpha value is -1.97. The lowest BCUT2D eigenvalue weighted by Gasteiger charge is -2.31. The number of amides is 2. The fourth-order valence-electron chi connectivity index (χ4n) is 3.44. The molecule has 0 bridgehead atoms. The summed E-state index contributed by atoms with van der Waals surface area (Å²) >= 11 is 0. The van der Waals surface area contributed by atoms with Crippen LogP contribution in [0.1, 0.15) is 23.2 Å². The molecule has 2 saturated heterocycles. The van der Waals surface area contributed by atoms with Crippen molar-refractivity contribution < 1.29 is 22.7 Å². The van der Waals surface area contributed by atoms with Crippen LogP contribution >= 0.6 is 0 Å². The van der Waals surface area contributed by atoms with Crippen molar-refractivity contribution in [2.24, 2.45) is 5.92 Å². The molecule has 0 spiro atoms. The number of piperidine rings is 1. The van der Waals surface area contributed by atoms with Crippen LogP contribution in [0.3, 0.4) is 0 Å². The molecule has 1 N–H and O–H groups in total. The summed E-state index contributed by atoms with van der Waals surface area (Å²) < 4.78 is 31.9. The summed E-state index contributed by atoms with van der Waals surface area (Å²) in [6.45, 7) is 2.49. The minimum absolute atomic E-state index is 0.0137. The highest BCUT2D eigenvalue weighted by Gasteiger charge is 2.29. The lowest BCUT2D eigenvalue weighted by atomic mass is 9.95. The zero-order chi connectivity index (χ0) is 19.4. The largest absolute Gasteiger partial charge is 0.379 e. The van der Waals surface area contributed by atoms with Crippen LogP contribution in [0.4, 0.5) is 0 Å². The molecule has 9 heteroatoms. The lowest BCUT2D eigenvalue weighted by Crippen LogP contribution is -2.42. The number of morpholine rings is 1. The Labute approximate surface area is 159 Å². The number of carbonyl (C=O) groups excluding carboxylic acids is 2. The second kappa shape index (κ2) is 8.37. The zero-order valence-corrected chi connectivity index (χ0v) is 16.2. The number of nitrogens with zero attached hydrogens (tertiary/aromatic N) is 2. The third-order valence-electron chi connectivity index (χ3n) is 5.11. The Bertz CT molecular complexity index is 780. The summed E-state index contributed by atoms with van der Waals surface area (Å²) in [7, 11) is -1.95. The van der Waals surface area contributed by atoms with Crippen LogP contribution in [-0.2, 0) is 19.6 Å². The third-order valence-corrected chi connectivity index (χ3v) is 7.02. The van der Waals surface area contributed by atoms with E-state index in [1.807, 2.05) is 0 Å². The van der Waals surface area contributed by atoms with Crippen LogP contribution in [-0.4, -0.2) is 75.9 Å². The summed E-state index contributed by atoms with van der Waals surface area (Å²) in [5.74, 6) is -0.180. The first-order chi connectivity index (χ1) is 12.9. The number of likely N-dealkylation sites (tertiary alicyclic amines) is 1. The molecule has 0 radical (unpaired) electrons. The fraction of sp³-hybridized carbons (Fsp3) is 0.556. The van der Waals surface area contributed by atoms with Gasteiger partial charge in [-0.2, -0.15) is 4.31 Å². The number of benzene rings is 1. The number of hydrogen-bond acceptors (Lipinski definition) is 5. The van der Waals surface area contributed by atoms with E-state index in [1.54, 1.807) is 24.1 Å². The van der Waals surface area contributed by atoms with Gasteiger partial charge in [-0.25, -0.2) is 8.42 Å². The summed E-state index contributed by atoms with van der Waals surface area (Å²) in [5, 5.41) is 2.65. The predicted molar refractivity (Wildman–Crippen MR) is 98.7 cm³/mol. The smallest absolute Gasteiger partial charge is 0.253 e. The van der Waals surface area contributed by atoms with Gasteiger partial charge in [0.1, 0.15) is 0 Å². The van der Waals surface area contributed by atoms with Crippen LogP contribution in [0.15, 0.2) is 29.2 Å². The second-order valence-corrected chi connectivity index (χ2v) is 8.66. The van der Waals surface area contributed by atoms with Gasteiger partial charge in [0.05, 0.1) is 18.1 Å². The fourth-order valence-corrected chi connectivity index (χ4v) is 4.84. The third kappa shape index (κ3) is 4.31. The van der Waals surface area contributed by atoms with Crippen molar-refractivity contribution in [3.63, 3.8) is 0 Å². The van der Waals surface area contributed by atoms with E-state index in [-0.39, 0.29) is 22.6 Å². The van der Waals surface area contributed by atoms with E-state index in [1.165, 1.54) is 16.4 Å². The van der Waals surface area contributed by atoms with E-state index in [0.29, 0.717) is 57.8 Å². The van der Waals surface area contributed by atoms with Crippen LogP contribution in [0, 0.1) is 5.92 Å². The minimum atomic E-state index is -3.57. The molecule has 3 rings (SSSR count). The summed E-state index contributed by atoms with van der Waals surface area (Å²) in [4.78, 5) is 26.2. The molecule has 0 atom stereocenters. The van der Waals surface area contributed by atoms with Gasteiger partial charge in [0, 0.05) is 44.7 Å². The van der Waals surface area contributed by atoms with E-state index in [9.17, 15) is 18.0 Å². The van der Waals surface area contributed by atoms with Gasteiger partial charge in [-0.1, -0.05) is 0 Å². The first-order valence-electron chi connectivity index (χ1n) is 9.12. The molecule has 2 aliphatic rings. The molecule has 1 aromatic rings. The Balaban J connectivity index is 1.65. The normalized spacial score (nSPS) is 19.7. The van der Waals surface area contributed by atoms with Gasteiger partial charge in [-0.05, 0) is 37.1 Å². The first kappa shape index (κ1) is 19.8. The van der Waals surface area contributed by atoms with Crippen LogP contribution in [0.5, 0.6) is 0 Å². The van der Waals surface area contributed by atoms with Crippen molar-refractivity contribution in [3.05, 3.63) is 29.8 Å². The van der Waals surface area contributed by atoms with Crippen LogP contribution < -0.4 is 5.32 Å². The average molecular weight is 395 g/mol. The predicted octanol–water partition coefficient (Wildman–Crippen LogP) is 0.306. The van der Waals surface area contributed by atoms with Crippen LogP contribution in [0.2, 0.25) is 0 Å². The van der Waals surface area contributed by atoms with Gasteiger partial charge in [0.2, 0.25) is 15.9 Å². The second-order valence-electron chi connectivity index (χ2n) is 6.72. The number of nitrogens with one attached hydrogen (secondary N) is 1. The van der Waals surface area contributed by atoms with E-state index in [4.69, 9.17) is 4.74 Å². The zero-order valence-electron chi connectivity index (χ0n) is 15.4. The van der Waals surface area contributed by atoms with Crippen molar-refractivity contribution >= 4 is 21.8 Å². The monoisotopic (exact) mass is 395 g/mol. The maximum Gasteiger partial charge on any atom is 0.253 e. The molecule has 0 unspecified atom stereocenters. The van der Waals surface area contributed by atoms with E-state index in [0.717, 1.165) is 0 Å².